The normalized spacial score (nSPS) is 14.7. The van der Waals surface area contributed by atoms with Gasteiger partial charge in [-0.3, -0.25) is 0 Å². The lowest BCUT2D eigenvalue weighted by Gasteiger charge is -2.26. The minimum Gasteiger partial charge on any atom is -0.358 e. The van der Waals surface area contributed by atoms with Crippen molar-refractivity contribution in [3.63, 3.8) is 0 Å². The Kier molecular flexibility index (Phi) is 16.2. The third kappa shape index (κ3) is 12.7. The molecule has 0 radical (unpaired) electrons. The van der Waals surface area contributed by atoms with Crippen LogP contribution in [0.3, 0.4) is 0 Å². The van der Waals surface area contributed by atoms with Crippen molar-refractivity contribution in [2.45, 2.75) is 78.6 Å². The second-order valence-electron chi connectivity index (χ2n) is 6.23. The Morgan fingerprint density at radius 1 is 0.864 bits per heavy atom. The van der Waals surface area contributed by atoms with Gasteiger partial charge in [-0.15, -0.1) is 12.6 Å². The summed E-state index contributed by atoms with van der Waals surface area (Å²) in [6, 6.07) is 0. The Balaban J connectivity index is 0.000000425. The van der Waals surface area contributed by atoms with E-state index in [4.69, 9.17) is 12.2 Å². The van der Waals surface area contributed by atoms with Gasteiger partial charge in [0.05, 0.1) is 0 Å². The van der Waals surface area contributed by atoms with Crippen molar-refractivity contribution in [3.05, 3.63) is 0 Å². The fourth-order valence-electron chi connectivity index (χ4n) is 2.57. The average Bonchev–Trinajstić information content (AvgIpc) is 2.55. The standard InChI is InChI=1S/C12H27N.C6H11NS2/c1-4-7-10-13(11-8-5-2)12-9-6-3;8-6(9)7-4-2-1-3-5-7/h4-12H2,1-3H3;1-5H2,(H,8,9). The highest BCUT2D eigenvalue weighted by Gasteiger charge is 2.09. The van der Waals surface area contributed by atoms with E-state index in [9.17, 15) is 0 Å². The third-order valence-corrected chi connectivity index (χ3v) is 4.65. The Morgan fingerprint density at radius 3 is 1.55 bits per heavy atom. The van der Waals surface area contributed by atoms with Crippen LogP contribution < -0.4 is 0 Å². The van der Waals surface area contributed by atoms with Gasteiger partial charge in [-0.1, -0.05) is 52.3 Å². The van der Waals surface area contributed by atoms with E-state index in [1.165, 1.54) is 77.4 Å². The fraction of sp³-hybridized carbons (Fsp3) is 0.944. The molecule has 0 aromatic heterocycles. The van der Waals surface area contributed by atoms with Gasteiger partial charge in [-0.25, -0.2) is 0 Å². The molecule has 0 aromatic carbocycles. The molecule has 0 spiro atoms. The molecule has 1 aliphatic rings. The van der Waals surface area contributed by atoms with E-state index >= 15 is 0 Å². The largest absolute Gasteiger partial charge is 0.358 e. The summed E-state index contributed by atoms with van der Waals surface area (Å²) in [7, 11) is 0. The summed E-state index contributed by atoms with van der Waals surface area (Å²) in [6.45, 7) is 13.0. The first-order valence-electron chi connectivity index (χ1n) is 9.35. The molecule has 1 fully saturated rings. The molecule has 4 heteroatoms. The third-order valence-electron chi connectivity index (χ3n) is 4.11. The lowest BCUT2D eigenvalue weighted by Crippen LogP contribution is -2.31. The number of nitrogens with zero attached hydrogens (tertiary/aromatic N) is 2. The summed E-state index contributed by atoms with van der Waals surface area (Å²) >= 11 is 9.00. The van der Waals surface area contributed by atoms with Gasteiger partial charge in [0.2, 0.25) is 0 Å². The lowest BCUT2D eigenvalue weighted by atomic mass is 10.1. The van der Waals surface area contributed by atoms with Crippen LogP contribution in [0, 0.1) is 0 Å². The fourth-order valence-corrected chi connectivity index (χ4v) is 2.95. The predicted molar refractivity (Wildman–Crippen MR) is 108 cm³/mol. The Bertz CT molecular complexity index is 234. The maximum Gasteiger partial charge on any atom is 0.133 e. The molecule has 0 N–H and O–H groups in total. The Hall–Kier alpha value is 0.200. The first-order valence-corrected chi connectivity index (χ1v) is 10.2. The lowest BCUT2D eigenvalue weighted by molar-refractivity contribution is 0.261. The van der Waals surface area contributed by atoms with Gasteiger partial charge in [0.1, 0.15) is 4.32 Å². The van der Waals surface area contributed by atoms with E-state index in [1.807, 2.05) is 0 Å². The molecule has 1 rings (SSSR count). The smallest absolute Gasteiger partial charge is 0.133 e. The molecular weight excluding hydrogens is 308 g/mol. The molecule has 0 aromatic rings. The van der Waals surface area contributed by atoms with Crippen molar-refractivity contribution < 1.29 is 0 Å². The van der Waals surface area contributed by atoms with Crippen LogP contribution in [0.15, 0.2) is 0 Å². The number of thiol groups is 1. The number of unbranched alkanes of at least 4 members (excludes halogenated alkanes) is 3. The van der Waals surface area contributed by atoms with Gasteiger partial charge in [-0.2, -0.15) is 0 Å². The molecule has 22 heavy (non-hydrogen) atoms. The molecule has 1 saturated heterocycles. The van der Waals surface area contributed by atoms with Gasteiger partial charge in [-0.05, 0) is 58.2 Å². The molecule has 0 unspecified atom stereocenters. The minimum atomic E-state index is 0.759. The molecular formula is C18H38N2S2. The summed E-state index contributed by atoms with van der Waals surface area (Å²) in [6.07, 6.45) is 12.0. The van der Waals surface area contributed by atoms with Gasteiger partial charge < -0.3 is 9.80 Å². The van der Waals surface area contributed by atoms with E-state index < -0.39 is 0 Å². The van der Waals surface area contributed by atoms with Crippen molar-refractivity contribution >= 4 is 29.2 Å². The zero-order valence-electron chi connectivity index (χ0n) is 15.1. The van der Waals surface area contributed by atoms with Crippen LogP contribution in [0.1, 0.15) is 78.6 Å². The number of thiocarbonyl (C=S) groups is 1. The molecule has 0 aliphatic carbocycles. The van der Waals surface area contributed by atoms with Crippen molar-refractivity contribution in [1.82, 2.24) is 9.80 Å². The first kappa shape index (κ1) is 22.2. The average molecular weight is 347 g/mol. The summed E-state index contributed by atoms with van der Waals surface area (Å²) in [5.74, 6) is 0. The van der Waals surface area contributed by atoms with Crippen LogP contribution in [0.5, 0.6) is 0 Å². The topological polar surface area (TPSA) is 6.48 Å². The highest BCUT2D eigenvalue weighted by Crippen LogP contribution is 2.10. The molecule has 0 amide bonds. The van der Waals surface area contributed by atoms with Crippen LogP contribution in [0.4, 0.5) is 0 Å². The summed E-state index contributed by atoms with van der Waals surface area (Å²) in [5, 5.41) is 0. The van der Waals surface area contributed by atoms with Gasteiger partial charge in [0.25, 0.3) is 0 Å². The number of piperidine rings is 1. The van der Waals surface area contributed by atoms with Gasteiger partial charge in [0.15, 0.2) is 0 Å². The zero-order valence-corrected chi connectivity index (χ0v) is 16.9. The van der Waals surface area contributed by atoms with Crippen molar-refractivity contribution in [1.29, 1.82) is 0 Å². The van der Waals surface area contributed by atoms with E-state index in [2.05, 4.69) is 43.2 Å². The summed E-state index contributed by atoms with van der Waals surface area (Å²) in [5.41, 5.74) is 0. The monoisotopic (exact) mass is 346 g/mol. The predicted octanol–water partition coefficient (Wildman–Crippen LogP) is 5.38. The first-order chi connectivity index (χ1) is 10.7. The number of likely N-dealkylation sites (tertiary alicyclic amines) is 1. The highest BCUT2D eigenvalue weighted by molar-refractivity contribution is 8.10. The molecule has 1 heterocycles. The molecule has 1 aliphatic heterocycles. The quantitative estimate of drug-likeness (QED) is 0.443. The van der Waals surface area contributed by atoms with Gasteiger partial charge in [0, 0.05) is 13.1 Å². The zero-order chi connectivity index (χ0) is 16.6. The minimum absolute atomic E-state index is 0.759. The van der Waals surface area contributed by atoms with Crippen LogP contribution >= 0.6 is 24.8 Å². The number of hydrogen-bond donors (Lipinski definition) is 1. The second-order valence-corrected chi connectivity index (χ2v) is 7.35. The Morgan fingerprint density at radius 2 is 1.27 bits per heavy atom. The maximum absolute atomic E-state index is 4.91. The van der Waals surface area contributed by atoms with Crippen LogP contribution in [0.2, 0.25) is 0 Å². The van der Waals surface area contributed by atoms with Crippen LogP contribution in [-0.4, -0.2) is 46.8 Å². The van der Waals surface area contributed by atoms with Crippen LogP contribution in [0.25, 0.3) is 0 Å². The van der Waals surface area contributed by atoms with Crippen LogP contribution in [-0.2, 0) is 0 Å². The molecule has 2 nitrogen and oxygen atoms in total. The van der Waals surface area contributed by atoms with E-state index in [-0.39, 0.29) is 0 Å². The van der Waals surface area contributed by atoms with E-state index in [1.54, 1.807) is 0 Å². The van der Waals surface area contributed by atoms with Crippen molar-refractivity contribution in [2.75, 3.05) is 32.7 Å². The van der Waals surface area contributed by atoms with E-state index in [0.29, 0.717) is 0 Å². The number of rotatable bonds is 9. The SMILES string of the molecule is CCCCN(CCCC)CCCC.S=C(S)N1CCCCC1. The molecule has 132 valence electrons. The molecule has 0 saturated carbocycles. The van der Waals surface area contributed by atoms with E-state index in [0.717, 1.165) is 17.4 Å². The molecule has 0 atom stereocenters. The summed E-state index contributed by atoms with van der Waals surface area (Å²) in [4.78, 5) is 4.79. The summed E-state index contributed by atoms with van der Waals surface area (Å²) < 4.78 is 0.759. The van der Waals surface area contributed by atoms with Crippen molar-refractivity contribution in [3.8, 4) is 0 Å². The molecule has 0 bridgehead atoms. The Labute approximate surface area is 150 Å². The number of hydrogen-bond acceptors (Lipinski definition) is 2. The highest BCUT2D eigenvalue weighted by atomic mass is 32.1. The second kappa shape index (κ2) is 16.1. The maximum atomic E-state index is 4.91. The van der Waals surface area contributed by atoms with Gasteiger partial charge >= 0.3 is 0 Å². The van der Waals surface area contributed by atoms with Crippen molar-refractivity contribution in [2.24, 2.45) is 0 Å².